The molecule has 0 atom stereocenters. The standard InChI is InChI=1S/C16H17F3N6O/c1-10-22-13(16(17,18)19)8-14(23-10)25-6-2-11(3-7-25)24-15(26)12-9-20-4-5-21-12/h4-5,8-9,11H,2-3,6-7H2,1H3,(H,24,26). The molecule has 0 bridgehead atoms. The number of alkyl halides is 3. The molecule has 1 aliphatic heterocycles. The molecule has 1 fully saturated rings. The van der Waals surface area contributed by atoms with Crippen LogP contribution in [0.25, 0.3) is 0 Å². The Balaban J connectivity index is 1.62. The number of piperidine rings is 1. The quantitative estimate of drug-likeness (QED) is 0.894. The molecule has 3 heterocycles. The Labute approximate surface area is 147 Å². The lowest BCUT2D eigenvalue weighted by Crippen LogP contribution is -2.45. The van der Waals surface area contributed by atoms with Crippen molar-refractivity contribution < 1.29 is 18.0 Å². The van der Waals surface area contributed by atoms with Gasteiger partial charge in [-0.15, -0.1) is 0 Å². The molecule has 0 unspecified atom stereocenters. The van der Waals surface area contributed by atoms with Gasteiger partial charge in [0.1, 0.15) is 23.0 Å². The van der Waals surface area contributed by atoms with Gasteiger partial charge in [0.2, 0.25) is 0 Å². The Hall–Kier alpha value is -2.78. The van der Waals surface area contributed by atoms with E-state index in [1.165, 1.54) is 25.5 Å². The highest BCUT2D eigenvalue weighted by molar-refractivity contribution is 5.92. The molecule has 10 heteroatoms. The SMILES string of the molecule is Cc1nc(N2CCC(NC(=O)c3cnccn3)CC2)cc(C(F)(F)F)n1. The van der Waals surface area contributed by atoms with E-state index in [-0.39, 0.29) is 29.3 Å². The zero-order valence-electron chi connectivity index (χ0n) is 14.0. The number of rotatable bonds is 3. The van der Waals surface area contributed by atoms with Gasteiger partial charge in [-0.1, -0.05) is 0 Å². The topological polar surface area (TPSA) is 83.9 Å². The third kappa shape index (κ3) is 4.24. The Morgan fingerprint density at radius 1 is 1.23 bits per heavy atom. The lowest BCUT2D eigenvalue weighted by molar-refractivity contribution is -0.141. The van der Waals surface area contributed by atoms with Crippen LogP contribution < -0.4 is 10.2 Å². The van der Waals surface area contributed by atoms with E-state index in [4.69, 9.17) is 0 Å². The fourth-order valence-corrected chi connectivity index (χ4v) is 2.79. The van der Waals surface area contributed by atoms with E-state index in [0.29, 0.717) is 25.9 Å². The number of hydrogen-bond acceptors (Lipinski definition) is 6. The molecule has 1 N–H and O–H groups in total. The van der Waals surface area contributed by atoms with E-state index in [0.717, 1.165) is 6.07 Å². The molecule has 7 nitrogen and oxygen atoms in total. The highest BCUT2D eigenvalue weighted by Gasteiger charge is 2.34. The van der Waals surface area contributed by atoms with Crippen molar-refractivity contribution in [1.29, 1.82) is 0 Å². The summed E-state index contributed by atoms with van der Waals surface area (Å²) in [6.07, 6.45) is 0.979. The Bertz CT molecular complexity index is 775. The van der Waals surface area contributed by atoms with Gasteiger partial charge < -0.3 is 10.2 Å². The third-order valence-electron chi connectivity index (χ3n) is 4.06. The maximum atomic E-state index is 12.9. The van der Waals surface area contributed by atoms with Crippen molar-refractivity contribution in [2.75, 3.05) is 18.0 Å². The molecular formula is C16H17F3N6O. The number of carbonyl (C=O) groups is 1. The molecule has 0 aromatic carbocycles. The van der Waals surface area contributed by atoms with Crippen LogP contribution in [0.3, 0.4) is 0 Å². The number of nitrogens with one attached hydrogen (secondary N) is 1. The number of carbonyl (C=O) groups excluding carboxylic acids is 1. The molecular weight excluding hydrogens is 349 g/mol. The smallest absolute Gasteiger partial charge is 0.356 e. The van der Waals surface area contributed by atoms with Crippen LogP contribution in [0, 0.1) is 6.92 Å². The van der Waals surface area contributed by atoms with Crippen LogP contribution in [0.15, 0.2) is 24.7 Å². The average molecular weight is 366 g/mol. The molecule has 2 aromatic heterocycles. The van der Waals surface area contributed by atoms with E-state index < -0.39 is 11.9 Å². The maximum absolute atomic E-state index is 12.9. The summed E-state index contributed by atoms with van der Waals surface area (Å²) in [6.45, 7) is 2.41. The number of hydrogen-bond donors (Lipinski definition) is 1. The molecule has 26 heavy (non-hydrogen) atoms. The molecule has 0 saturated carbocycles. The molecule has 138 valence electrons. The normalized spacial score (nSPS) is 15.8. The van der Waals surface area contributed by atoms with E-state index in [9.17, 15) is 18.0 Å². The van der Waals surface area contributed by atoms with Crippen LogP contribution in [-0.4, -0.2) is 45.0 Å². The minimum atomic E-state index is -4.51. The van der Waals surface area contributed by atoms with E-state index in [1.807, 2.05) is 0 Å². The first-order chi connectivity index (χ1) is 12.3. The first-order valence-electron chi connectivity index (χ1n) is 8.07. The van der Waals surface area contributed by atoms with E-state index in [1.54, 1.807) is 4.90 Å². The molecule has 0 aliphatic carbocycles. The van der Waals surface area contributed by atoms with Gasteiger partial charge >= 0.3 is 6.18 Å². The van der Waals surface area contributed by atoms with Gasteiger partial charge in [0, 0.05) is 37.6 Å². The summed E-state index contributed by atoms with van der Waals surface area (Å²) in [4.78, 5) is 29.2. The first-order valence-corrected chi connectivity index (χ1v) is 8.07. The summed E-state index contributed by atoms with van der Waals surface area (Å²) in [7, 11) is 0. The minimum Gasteiger partial charge on any atom is -0.356 e. The second-order valence-corrected chi connectivity index (χ2v) is 5.98. The molecule has 1 saturated heterocycles. The van der Waals surface area contributed by atoms with Gasteiger partial charge in [-0.25, -0.2) is 15.0 Å². The molecule has 0 radical (unpaired) electrons. The molecule has 0 spiro atoms. The highest BCUT2D eigenvalue weighted by Crippen LogP contribution is 2.30. The summed E-state index contributed by atoms with van der Waals surface area (Å²) in [6, 6.07) is 0.886. The number of aryl methyl sites for hydroxylation is 1. The number of halogens is 3. The number of aromatic nitrogens is 4. The van der Waals surface area contributed by atoms with Gasteiger partial charge in [-0.05, 0) is 19.8 Å². The van der Waals surface area contributed by atoms with Gasteiger partial charge in [-0.3, -0.25) is 9.78 Å². The van der Waals surface area contributed by atoms with E-state index in [2.05, 4.69) is 25.3 Å². The van der Waals surface area contributed by atoms with Crippen LogP contribution in [0.1, 0.15) is 34.8 Å². The molecule has 1 aliphatic rings. The van der Waals surface area contributed by atoms with Crippen molar-refractivity contribution in [2.45, 2.75) is 32.0 Å². The summed E-state index contributed by atoms with van der Waals surface area (Å²) >= 11 is 0. The summed E-state index contributed by atoms with van der Waals surface area (Å²) in [5, 5.41) is 2.87. The van der Waals surface area contributed by atoms with Gasteiger partial charge in [0.15, 0.2) is 0 Å². The van der Waals surface area contributed by atoms with Crippen LogP contribution in [0.4, 0.5) is 19.0 Å². The first kappa shape index (κ1) is 18.0. The molecule has 2 aromatic rings. The number of amides is 1. The van der Waals surface area contributed by atoms with Crippen LogP contribution >= 0.6 is 0 Å². The average Bonchev–Trinajstić information content (AvgIpc) is 2.62. The number of nitrogens with zero attached hydrogens (tertiary/aromatic N) is 5. The predicted molar refractivity (Wildman–Crippen MR) is 86.5 cm³/mol. The van der Waals surface area contributed by atoms with Crippen molar-refractivity contribution >= 4 is 11.7 Å². The maximum Gasteiger partial charge on any atom is 0.433 e. The van der Waals surface area contributed by atoms with Crippen molar-refractivity contribution in [3.05, 3.63) is 41.9 Å². The monoisotopic (exact) mass is 366 g/mol. The second-order valence-electron chi connectivity index (χ2n) is 5.98. The van der Waals surface area contributed by atoms with Crippen molar-refractivity contribution in [3.8, 4) is 0 Å². The Morgan fingerprint density at radius 2 is 1.96 bits per heavy atom. The summed E-state index contributed by atoms with van der Waals surface area (Å²) in [5.74, 6) is 0.0187. The second kappa shape index (κ2) is 7.22. The van der Waals surface area contributed by atoms with Crippen molar-refractivity contribution in [2.24, 2.45) is 0 Å². The van der Waals surface area contributed by atoms with Gasteiger partial charge in [0.05, 0.1) is 6.20 Å². The van der Waals surface area contributed by atoms with Crippen molar-refractivity contribution in [1.82, 2.24) is 25.3 Å². The highest BCUT2D eigenvalue weighted by atomic mass is 19.4. The lowest BCUT2D eigenvalue weighted by atomic mass is 10.0. The predicted octanol–water partition coefficient (Wildman–Crippen LogP) is 1.99. The van der Waals surface area contributed by atoms with Crippen molar-refractivity contribution in [3.63, 3.8) is 0 Å². The Morgan fingerprint density at radius 3 is 2.58 bits per heavy atom. The minimum absolute atomic E-state index is 0.0768. The number of anilines is 1. The van der Waals surface area contributed by atoms with Gasteiger partial charge in [-0.2, -0.15) is 13.2 Å². The summed E-state index contributed by atoms with van der Waals surface area (Å²) < 4.78 is 38.7. The molecule has 3 rings (SSSR count). The zero-order chi connectivity index (χ0) is 18.7. The van der Waals surface area contributed by atoms with Crippen LogP contribution in [0.5, 0.6) is 0 Å². The van der Waals surface area contributed by atoms with Crippen LogP contribution in [0.2, 0.25) is 0 Å². The zero-order valence-corrected chi connectivity index (χ0v) is 14.0. The Kier molecular flexibility index (Phi) is 5.01. The molecule has 1 amide bonds. The van der Waals surface area contributed by atoms with Crippen LogP contribution in [-0.2, 0) is 6.18 Å². The van der Waals surface area contributed by atoms with E-state index >= 15 is 0 Å². The fourth-order valence-electron chi connectivity index (χ4n) is 2.79. The largest absolute Gasteiger partial charge is 0.433 e. The lowest BCUT2D eigenvalue weighted by Gasteiger charge is -2.33. The van der Waals surface area contributed by atoms with Gasteiger partial charge in [0.25, 0.3) is 5.91 Å². The fraction of sp³-hybridized carbons (Fsp3) is 0.438. The summed E-state index contributed by atoms with van der Waals surface area (Å²) in [5.41, 5.74) is -0.714. The third-order valence-corrected chi connectivity index (χ3v) is 4.06.